The summed E-state index contributed by atoms with van der Waals surface area (Å²) in [6, 6.07) is 6.25. The molecule has 1 aromatic carbocycles. The van der Waals surface area contributed by atoms with Gasteiger partial charge in [0.15, 0.2) is 0 Å². The molecule has 2 rings (SSSR count). The number of carbonyl (C=O) groups excluding carboxylic acids is 1. The Bertz CT molecular complexity index is 450. The zero-order chi connectivity index (χ0) is 14.4. The van der Waals surface area contributed by atoms with Crippen molar-refractivity contribution in [2.45, 2.75) is 39.5 Å². The second-order valence-corrected chi connectivity index (χ2v) is 5.85. The lowest BCUT2D eigenvalue weighted by molar-refractivity contribution is -0.120. The number of nitrogens with one attached hydrogen (secondary N) is 1. The highest BCUT2D eigenvalue weighted by Gasteiger charge is 2.10. The van der Waals surface area contributed by atoms with Crippen molar-refractivity contribution in [3.63, 3.8) is 0 Å². The van der Waals surface area contributed by atoms with Crippen LogP contribution in [0.2, 0.25) is 0 Å². The van der Waals surface area contributed by atoms with Crippen molar-refractivity contribution in [2.24, 2.45) is 0 Å². The van der Waals surface area contributed by atoms with Crippen molar-refractivity contribution in [3.8, 4) is 0 Å². The van der Waals surface area contributed by atoms with Crippen molar-refractivity contribution in [3.05, 3.63) is 34.9 Å². The third kappa shape index (κ3) is 4.64. The number of likely N-dealkylation sites (tertiary alicyclic amines) is 1. The Balaban J connectivity index is 1.70. The first-order chi connectivity index (χ1) is 9.65. The maximum Gasteiger partial charge on any atom is 0.224 e. The standard InChI is InChI=1S/C17H26N2O/c1-14-6-7-16(12-15(14)2)13-17(20)18-8-11-19-9-4-3-5-10-19/h6-7,12H,3-5,8-11,13H2,1-2H3,(H,18,20). The molecular formula is C17H26N2O. The zero-order valence-electron chi connectivity index (χ0n) is 12.7. The second-order valence-electron chi connectivity index (χ2n) is 5.85. The van der Waals surface area contributed by atoms with E-state index in [-0.39, 0.29) is 5.91 Å². The fraction of sp³-hybridized carbons (Fsp3) is 0.588. The molecule has 0 radical (unpaired) electrons. The molecule has 1 aromatic rings. The minimum absolute atomic E-state index is 0.130. The van der Waals surface area contributed by atoms with E-state index >= 15 is 0 Å². The number of aryl methyl sites for hydroxylation is 2. The van der Waals surface area contributed by atoms with Crippen LogP contribution in [0.1, 0.15) is 36.0 Å². The Kier molecular flexibility index (Phi) is 5.60. The third-order valence-electron chi connectivity index (χ3n) is 4.13. The number of benzene rings is 1. The molecule has 1 fully saturated rings. The van der Waals surface area contributed by atoms with Gasteiger partial charge in [-0.2, -0.15) is 0 Å². The molecule has 1 aliphatic heterocycles. The number of piperidine rings is 1. The summed E-state index contributed by atoms with van der Waals surface area (Å²) in [7, 11) is 0. The molecule has 1 N–H and O–H groups in total. The first-order valence-corrected chi connectivity index (χ1v) is 7.70. The van der Waals surface area contributed by atoms with Crippen LogP contribution in [0, 0.1) is 13.8 Å². The SMILES string of the molecule is Cc1ccc(CC(=O)NCCN2CCCCC2)cc1C. The summed E-state index contributed by atoms with van der Waals surface area (Å²) in [5.41, 5.74) is 3.63. The van der Waals surface area contributed by atoms with Gasteiger partial charge in [-0.05, 0) is 56.5 Å². The molecule has 1 heterocycles. The summed E-state index contributed by atoms with van der Waals surface area (Å²) >= 11 is 0. The average molecular weight is 274 g/mol. The van der Waals surface area contributed by atoms with Gasteiger partial charge in [-0.15, -0.1) is 0 Å². The van der Waals surface area contributed by atoms with E-state index in [0.717, 1.165) is 18.7 Å². The quantitative estimate of drug-likeness (QED) is 0.894. The molecular weight excluding hydrogens is 248 g/mol. The summed E-state index contributed by atoms with van der Waals surface area (Å²) < 4.78 is 0. The Morgan fingerprint density at radius 3 is 2.60 bits per heavy atom. The summed E-state index contributed by atoms with van der Waals surface area (Å²) in [5, 5.41) is 3.03. The zero-order valence-corrected chi connectivity index (χ0v) is 12.7. The topological polar surface area (TPSA) is 32.3 Å². The summed E-state index contributed by atoms with van der Waals surface area (Å²) in [4.78, 5) is 14.4. The Morgan fingerprint density at radius 2 is 1.90 bits per heavy atom. The number of nitrogens with zero attached hydrogens (tertiary/aromatic N) is 1. The van der Waals surface area contributed by atoms with Gasteiger partial charge in [-0.1, -0.05) is 24.6 Å². The van der Waals surface area contributed by atoms with E-state index in [1.807, 2.05) is 6.07 Å². The number of hydrogen-bond acceptors (Lipinski definition) is 2. The highest BCUT2D eigenvalue weighted by atomic mass is 16.1. The van der Waals surface area contributed by atoms with Gasteiger partial charge in [0.05, 0.1) is 6.42 Å². The van der Waals surface area contributed by atoms with Gasteiger partial charge < -0.3 is 10.2 Å². The lowest BCUT2D eigenvalue weighted by atomic mass is 10.0. The maximum atomic E-state index is 11.9. The second kappa shape index (κ2) is 7.44. The molecule has 0 atom stereocenters. The van der Waals surface area contributed by atoms with Crippen molar-refractivity contribution in [1.29, 1.82) is 0 Å². The minimum atomic E-state index is 0.130. The smallest absolute Gasteiger partial charge is 0.224 e. The number of hydrogen-bond donors (Lipinski definition) is 1. The van der Waals surface area contributed by atoms with E-state index in [9.17, 15) is 4.79 Å². The van der Waals surface area contributed by atoms with Crippen LogP contribution in [0.15, 0.2) is 18.2 Å². The van der Waals surface area contributed by atoms with Crippen molar-refractivity contribution < 1.29 is 4.79 Å². The predicted molar refractivity (Wildman–Crippen MR) is 82.9 cm³/mol. The molecule has 3 heteroatoms. The fourth-order valence-corrected chi connectivity index (χ4v) is 2.70. The fourth-order valence-electron chi connectivity index (χ4n) is 2.70. The van der Waals surface area contributed by atoms with Gasteiger partial charge in [-0.25, -0.2) is 0 Å². The van der Waals surface area contributed by atoms with Gasteiger partial charge in [0.1, 0.15) is 0 Å². The van der Waals surface area contributed by atoms with Crippen molar-refractivity contribution >= 4 is 5.91 Å². The van der Waals surface area contributed by atoms with Crippen LogP contribution >= 0.6 is 0 Å². The molecule has 3 nitrogen and oxygen atoms in total. The maximum absolute atomic E-state index is 11.9. The van der Waals surface area contributed by atoms with Gasteiger partial charge >= 0.3 is 0 Å². The largest absolute Gasteiger partial charge is 0.355 e. The summed E-state index contributed by atoms with van der Waals surface area (Å²) in [5.74, 6) is 0.130. The van der Waals surface area contributed by atoms with Crippen molar-refractivity contribution in [2.75, 3.05) is 26.2 Å². The molecule has 20 heavy (non-hydrogen) atoms. The molecule has 0 bridgehead atoms. The van der Waals surface area contributed by atoms with Gasteiger partial charge in [0.25, 0.3) is 0 Å². The molecule has 0 aliphatic carbocycles. The molecule has 1 aliphatic rings. The van der Waals surface area contributed by atoms with Crippen LogP contribution in [0.25, 0.3) is 0 Å². The monoisotopic (exact) mass is 274 g/mol. The van der Waals surface area contributed by atoms with Crippen molar-refractivity contribution in [1.82, 2.24) is 10.2 Å². The first kappa shape index (κ1) is 15.0. The van der Waals surface area contributed by atoms with E-state index in [4.69, 9.17) is 0 Å². The molecule has 1 amide bonds. The number of amides is 1. The minimum Gasteiger partial charge on any atom is -0.355 e. The molecule has 0 aromatic heterocycles. The highest BCUT2D eigenvalue weighted by molar-refractivity contribution is 5.78. The van der Waals surface area contributed by atoms with Gasteiger partial charge in [-0.3, -0.25) is 4.79 Å². The Morgan fingerprint density at radius 1 is 1.15 bits per heavy atom. The van der Waals surface area contributed by atoms with Crippen LogP contribution in [-0.4, -0.2) is 37.0 Å². The third-order valence-corrected chi connectivity index (χ3v) is 4.13. The predicted octanol–water partition coefficient (Wildman–Crippen LogP) is 2.45. The normalized spacial score (nSPS) is 16.1. The number of carbonyl (C=O) groups is 1. The van der Waals surface area contributed by atoms with Crippen LogP contribution in [0.5, 0.6) is 0 Å². The molecule has 0 unspecified atom stereocenters. The van der Waals surface area contributed by atoms with E-state index < -0.39 is 0 Å². The molecule has 1 saturated heterocycles. The van der Waals surface area contributed by atoms with Crippen LogP contribution in [0.4, 0.5) is 0 Å². The lowest BCUT2D eigenvalue weighted by Crippen LogP contribution is -2.38. The van der Waals surface area contributed by atoms with E-state index in [2.05, 4.69) is 36.2 Å². The lowest BCUT2D eigenvalue weighted by Gasteiger charge is -2.26. The Labute approximate surface area is 122 Å². The Hall–Kier alpha value is -1.35. The molecule has 0 spiro atoms. The summed E-state index contributed by atoms with van der Waals surface area (Å²) in [6.45, 7) is 8.31. The van der Waals surface area contributed by atoms with E-state index in [0.29, 0.717) is 6.42 Å². The van der Waals surface area contributed by atoms with E-state index in [1.165, 1.54) is 43.5 Å². The van der Waals surface area contributed by atoms with Gasteiger partial charge in [0, 0.05) is 13.1 Å². The first-order valence-electron chi connectivity index (χ1n) is 7.70. The highest BCUT2D eigenvalue weighted by Crippen LogP contribution is 2.10. The van der Waals surface area contributed by atoms with Crippen LogP contribution in [0.3, 0.4) is 0 Å². The molecule has 0 saturated carbocycles. The summed E-state index contributed by atoms with van der Waals surface area (Å²) in [6.07, 6.45) is 4.45. The average Bonchev–Trinajstić information content (AvgIpc) is 2.44. The number of rotatable bonds is 5. The van der Waals surface area contributed by atoms with Crippen LogP contribution < -0.4 is 5.32 Å². The molecule has 110 valence electrons. The van der Waals surface area contributed by atoms with Gasteiger partial charge in [0.2, 0.25) is 5.91 Å². The van der Waals surface area contributed by atoms with Crippen LogP contribution in [-0.2, 0) is 11.2 Å². The van der Waals surface area contributed by atoms with E-state index in [1.54, 1.807) is 0 Å².